The highest BCUT2D eigenvalue weighted by atomic mass is 16.8. The Kier molecular flexibility index (Phi) is 44.8. The van der Waals surface area contributed by atoms with Crippen molar-refractivity contribution in [1.82, 2.24) is 5.32 Å². The number of aliphatic hydroxyl groups is 12. The molecule has 4 aliphatic rings. The summed E-state index contributed by atoms with van der Waals surface area (Å²) < 4.78 is 58.9. The van der Waals surface area contributed by atoms with Crippen LogP contribution in [0.4, 0.5) is 0 Å². The van der Waals surface area contributed by atoms with Crippen molar-refractivity contribution in [2.24, 2.45) is 0 Å². The summed E-state index contributed by atoms with van der Waals surface area (Å²) in [7, 11) is 0. The molecule has 4 rings (SSSR count). The number of rotatable bonds is 53. The Labute approximate surface area is 564 Å². The molecule has 0 bridgehead atoms. The molecule has 0 aromatic carbocycles. The van der Waals surface area contributed by atoms with Crippen molar-refractivity contribution in [3.8, 4) is 0 Å². The molecule has 1 amide bonds. The van der Waals surface area contributed by atoms with Gasteiger partial charge >= 0.3 is 11.9 Å². The second kappa shape index (κ2) is 50.0. The first-order chi connectivity index (χ1) is 45.9. The average molecular weight is 1370 g/mol. The maximum Gasteiger partial charge on any atom is 0.306 e. The van der Waals surface area contributed by atoms with Crippen molar-refractivity contribution in [1.29, 1.82) is 0 Å². The van der Waals surface area contributed by atoms with Gasteiger partial charge in [-0.05, 0) is 19.3 Å². The fraction of sp³-hybridized carbons (Fsp3) is 0.957. The normalized spacial score (nSPS) is 31.5. The zero-order chi connectivity index (χ0) is 69.3. The number of aliphatic hydroxyl groups excluding tert-OH is 12. The number of ether oxygens (including phenoxy) is 10. The molecule has 26 nitrogen and oxygen atoms in total. The van der Waals surface area contributed by atoms with Crippen molar-refractivity contribution in [2.45, 2.75) is 381 Å². The van der Waals surface area contributed by atoms with Gasteiger partial charge in [-0.15, -0.1) is 0 Å². The van der Waals surface area contributed by atoms with Crippen LogP contribution < -0.4 is 5.32 Å². The van der Waals surface area contributed by atoms with Gasteiger partial charge < -0.3 is 114 Å². The lowest BCUT2D eigenvalue weighted by atomic mass is 9.95. The zero-order valence-corrected chi connectivity index (χ0v) is 57.5. The summed E-state index contributed by atoms with van der Waals surface area (Å²) in [5, 5.41) is 133. The first-order valence-electron chi connectivity index (χ1n) is 36.7. The molecule has 0 aromatic rings. The molecule has 95 heavy (non-hydrogen) atoms. The molecule has 0 aromatic heterocycles. The van der Waals surface area contributed by atoms with E-state index in [0.29, 0.717) is 19.3 Å². The van der Waals surface area contributed by atoms with Crippen LogP contribution >= 0.6 is 0 Å². The SMILES string of the molecule is CCCCCCCCCCCCCC(=O)N[C@H]1[C@H](O[C@H]2[C@@H](OC[C@@H](COC(=O)CCCCCCCCCCCCC)OC(=O)CCCCCCCCCCCCC)O[C@H](CO)[C@@H](O)[C@@H]2O)O[C@H](CO[C@@H]2O[C@H](CO[C@H]3O[C@H](CO)[C@H](O)[C@H](O)[C@H]3O)[C@H](O)[C@H](O)[C@H]2O)[C@H](O)[C@@H]1O. The minimum atomic E-state index is -1.97. The maximum absolute atomic E-state index is 13.8. The van der Waals surface area contributed by atoms with E-state index in [1.54, 1.807) is 0 Å². The van der Waals surface area contributed by atoms with Gasteiger partial charge in [0.05, 0.1) is 33.0 Å². The number of nitrogens with one attached hydrogen (secondary N) is 1. The van der Waals surface area contributed by atoms with Crippen LogP contribution in [0.1, 0.15) is 252 Å². The van der Waals surface area contributed by atoms with E-state index in [-0.39, 0.29) is 19.3 Å². The number of unbranched alkanes of at least 4 members (excludes halogenated alkanes) is 30. The van der Waals surface area contributed by atoms with Crippen molar-refractivity contribution >= 4 is 17.8 Å². The minimum Gasteiger partial charge on any atom is -0.462 e. The number of carbonyl (C=O) groups excluding carboxylic acids is 3. The lowest BCUT2D eigenvalue weighted by Gasteiger charge is -2.47. The summed E-state index contributed by atoms with van der Waals surface area (Å²) in [6, 6.07) is -1.61. The van der Waals surface area contributed by atoms with E-state index in [2.05, 4.69) is 26.1 Å². The van der Waals surface area contributed by atoms with Crippen LogP contribution in [0.15, 0.2) is 0 Å². The lowest BCUT2D eigenvalue weighted by molar-refractivity contribution is -0.363. The highest BCUT2D eigenvalue weighted by Gasteiger charge is 2.53. The van der Waals surface area contributed by atoms with Crippen LogP contribution in [0.25, 0.3) is 0 Å². The van der Waals surface area contributed by atoms with Crippen LogP contribution in [0.2, 0.25) is 0 Å². The largest absolute Gasteiger partial charge is 0.462 e. The van der Waals surface area contributed by atoms with Gasteiger partial charge in [0.15, 0.2) is 31.3 Å². The summed E-state index contributed by atoms with van der Waals surface area (Å²) in [6.07, 6.45) is 0.623. The maximum atomic E-state index is 13.8. The monoisotopic (exact) mass is 1370 g/mol. The van der Waals surface area contributed by atoms with E-state index in [4.69, 9.17) is 47.4 Å². The number of hydrogen-bond acceptors (Lipinski definition) is 25. The van der Waals surface area contributed by atoms with Crippen LogP contribution in [-0.4, -0.2) is 248 Å². The van der Waals surface area contributed by atoms with Gasteiger partial charge in [0.25, 0.3) is 0 Å². The van der Waals surface area contributed by atoms with Gasteiger partial charge in [-0.1, -0.05) is 213 Å². The molecule has 4 fully saturated rings. The number of hydrogen-bond donors (Lipinski definition) is 13. The van der Waals surface area contributed by atoms with Gasteiger partial charge in [-0.25, -0.2) is 0 Å². The quantitative estimate of drug-likeness (QED) is 0.0283. The third kappa shape index (κ3) is 31.6. The second-order valence-corrected chi connectivity index (χ2v) is 26.8. The third-order valence-electron chi connectivity index (χ3n) is 18.7. The predicted molar refractivity (Wildman–Crippen MR) is 348 cm³/mol. The van der Waals surface area contributed by atoms with Crippen molar-refractivity contribution in [3.63, 3.8) is 0 Å². The molecule has 4 heterocycles. The zero-order valence-electron chi connectivity index (χ0n) is 57.5. The standard InChI is InChI=1S/C69H127NO25/c1-4-7-10-13-16-19-22-25-28-31-34-37-51(73)70-54-59(80)57(78)49(44-89-68-64(85)61(82)58(79)50(94-68)45-88-67-63(84)60(81)55(76)47(40-71)91-67)93-66(54)95-65-62(83)56(77)48(41-72)92-69(65)87-43-46(90-53(75)39-36-33-30-27-24-21-18-15-12-9-6-3)42-86-52(74)38-35-32-29-26-23-20-17-14-11-8-5-2/h46-50,54-69,71-72,76-85H,4-45H2,1-3H3,(H,70,73)/t46-,47-,48-,49-,50-,54-,55+,56-,57+,58+,59-,60+,61+,62+,63-,64-,65-,66+,67+,68-,69+/m1/s1. The first-order valence-corrected chi connectivity index (χ1v) is 36.7. The number of carbonyl (C=O) groups is 3. The predicted octanol–water partition coefficient (Wildman–Crippen LogP) is 4.96. The fourth-order valence-corrected chi connectivity index (χ4v) is 12.5. The Morgan fingerprint density at radius 2 is 0.705 bits per heavy atom. The molecule has 4 saturated heterocycles. The molecule has 0 aliphatic carbocycles. The van der Waals surface area contributed by atoms with Crippen LogP contribution in [-0.2, 0) is 61.8 Å². The van der Waals surface area contributed by atoms with Gasteiger partial charge in [-0.2, -0.15) is 0 Å². The Morgan fingerprint density at radius 1 is 0.358 bits per heavy atom. The molecule has 21 atom stereocenters. The van der Waals surface area contributed by atoms with Crippen molar-refractivity contribution < 1.29 is 123 Å². The Morgan fingerprint density at radius 3 is 1.14 bits per heavy atom. The van der Waals surface area contributed by atoms with Gasteiger partial charge in [0, 0.05) is 19.3 Å². The van der Waals surface area contributed by atoms with E-state index in [0.717, 1.165) is 83.5 Å². The first kappa shape index (κ1) is 85.0. The molecule has 26 heteroatoms. The number of amides is 1. The molecule has 4 aliphatic heterocycles. The highest BCUT2D eigenvalue weighted by Crippen LogP contribution is 2.33. The molecule has 13 N–H and O–H groups in total. The summed E-state index contributed by atoms with van der Waals surface area (Å²) in [6.45, 7) is 2.60. The van der Waals surface area contributed by atoms with E-state index in [9.17, 15) is 75.7 Å². The third-order valence-corrected chi connectivity index (χ3v) is 18.7. The minimum absolute atomic E-state index is 0.00296. The Hall–Kier alpha value is -2.39. The van der Waals surface area contributed by atoms with E-state index in [1.165, 1.54) is 109 Å². The average Bonchev–Trinajstić information content (AvgIpc) is 0.806. The second-order valence-electron chi connectivity index (χ2n) is 26.8. The molecule has 0 spiro atoms. The van der Waals surface area contributed by atoms with Gasteiger partial charge in [0.1, 0.15) is 104 Å². The Balaban J connectivity index is 1.50. The van der Waals surface area contributed by atoms with Gasteiger partial charge in [-0.3, -0.25) is 14.4 Å². The van der Waals surface area contributed by atoms with Gasteiger partial charge in [0.2, 0.25) is 5.91 Å². The summed E-state index contributed by atoms with van der Waals surface area (Å²) in [5.41, 5.74) is 0. The summed E-state index contributed by atoms with van der Waals surface area (Å²) >= 11 is 0. The molecule has 0 unspecified atom stereocenters. The fourth-order valence-electron chi connectivity index (χ4n) is 12.5. The van der Waals surface area contributed by atoms with Crippen LogP contribution in [0.5, 0.6) is 0 Å². The smallest absolute Gasteiger partial charge is 0.306 e. The highest BCUT2D eigenvalue weighted by molar-refractivity contribution is 5.76. The molecule has 558 valence electrons. The number of esters is 2. The molecule has 0 saturated carbocycles. The summed E-state index contributed by atoms with van der Waals surface area (Å²) in [5.74, 6) is -1.64. The van der Waals surface area contributed by atoms with Crippen molar-refractivity contribution in [2.75, 3.05) is 39.6 Å². The van der Waals surface area contributed by atoms with Crippen LogP contribution in [0.3, 0.4) is 0 Å². The summed E-state index contributed by atoms with van der Waals surface area (Å²) in [4.78, 5) is 40.4. The van der Waals surface area contributed by atoms with E-state index >= 15 is 0 Å². The van der Waals surface area contributed by atoms with E-state index in [1.807, 2.05) is 0 Å². The van der Waals surface area contributed by atoms with Crippen LogP contribution in [0, 0.1) is 0 Å². The lowest BCUT2D eigenvalue weighted by Crippen LogP contribution is -2.68. The molecular formula is C69H127NO25. The molecule has 0 radical (unpaired) electrons. The topological polar surface area (TPSA) is 398 Å². The molecular weight excluding hydrogens is 1240 g/mol. The van der Waals surface area contributed by atoms with E-state index < -0.39 is 186 Å². The Bertz CT molecular complexity index is 1970. The van der Waals surface area contributed by atoms with Crippen molar-refractivity contribution in [3.05, 3.63) is 0 Å².